The van der Waals surface area contributed by atoms with Crippen molar-refractivity contribution in [3.05, 3.63) is 34.3 Å². The highest BCUT2D eigenvalue weighted by Gasteiger charge is 2.18. The van der Waals surface area contributed by atoms with Crippen molar-refractivity contribution >= 4 is 15.9 Å². The van der Waals surface area contributed by atoms with E-state index in [1.807, 2.05) is 12.1 Å². The fraction of sp³-hybridized carbons (Fsp3) is 0.538. The molecule has 0 aliphatic carbocycles. The Morgan fingerprint density at radius 1 is 1.38 bits per heavy atom. The minimum atomic E-state index is 0.131. The third-order valence-corrected chi connectivity index (χ3v) is 3.98. The van der Waals surface area contributed by atoms with Crippen molar-refractivity contribution in [1.29, 1.82) is 0 Å². The summed E-state index contributed by atoms with van der Waals surface area (Å²) >= 11 is 3.56. The van der Waals surface area contributed by atoms with Gasteiger partial charge in [0.15, 0.2) is 0 Å². The highest BCUT2D eigenvalue weighted by atomic mass is 79.9. The van der Waals surface area contributed by atoms with Gasteiger partial charge in [0.1, 0.15) is 0 Å². The van der Waals surface area contributed by atoms with Gasteiger partial charge in [-0.2, -0.15) is 0 Å². The standard InChI is InChI=1S/C13H19BrN2/c14-12-7-2-1-6-11(12)13(15)9-10-5-3-4-8-16-10/h1-2,6-7,10,13,16H,3-5,8-9,15H2. The summed E-state index contributed by atoms with van der Waals surface area (Å²) < 4.78 is 1.12. The van der Waals surface area contributed by atoms with Gasteiger partial charge in [0.05, 0.1) is 0 Å². The van der Waals surface area contributed by atoms with E-state index in [4.69, 9.17) is 5.73 Å². The van der Waals surface area contributed by atoms with E-state index in [9.17, 15) is 0 Å². The Balaban J connectivity index is 1.96. The monoisotopic (exact) mass is 282 g/mol. The second-order valence-electron chi connectivity index (χ2n) is 4.51. The van der Waals surface area contributed by atoms with Gasteiger partial charge < -0.3 is 11.1 Å². The van der Waals surface area contributed by atoms with Crippen molar-refractivity contribution in [3.8, 4) is 0 Å². The third-order valence-electron chi connectivity index (χ3n) is 3.26. The van der Waals surface area contributed by atoms with Crippen molar-refractivity contribution in [2.45, 2.75) is 37.8 Å². The highest BCUT2D eigenvalue weighted by molar-refractivity contribution is 9.10. The van der Waals surface area contributed by atoms with Gasteiger partial charge in [0, 0.05) is 16.6 Å². The van der Waals surface area contributed by atoms with Crippen molar-refractivity contribution in [2.75, 3.05) is 6.54 Å². The summed E-state index contributed by atoms with van der Waals surface area (Å²) in [5.41, 5.74) is 7.47. The Bertz CT molecular complexity index is 334. The largest absolute Gasteiger partial charge is 0.324 e. The Labute approximate surface area is 106 Å². The number of hydrogen-bond donors (Lipinski definition) is 2. The molecule has 0 saturated carbocycles. The van der Waals surface area contributed by atoms with E-state index in [2.05, 4.69) is 33.4 Å². The van der Waals surface area contributed by atoms with E-state index in [0.717, 1.165) is 17.4 Å². The van der Waals surface area contributed by atoms with Gasteiger partial charge in [-0.05, 0) is 37.4 Å². The highest BCUT2D eigenvalue weighted by Crippen LogP contribution is 2.26. The molecule has 1 fully saturated rings. The second kappa shape index (κ2) is 5.80. The molecule has 0 spiro atoms. The molecule has 1 aliphatic heterocycles. The molecule has 0 radical (unpaired) electrons. The molecule has 1 aromatic carbocycles. The molecule has 0 aromatic heterocycles. The molecule has 2 atom stereocenters. The van der Waals surface area contributed by atoms with Crippen LogP contribution in [-0.2, 0) is 0 Å². The molecule has 88 valence electrons. The lowest BCUT2D eigenvalue weighted by molar-refractivity contribution is 0.362. The lowest BCUT2D eigenvalue weighted by atomic mass is 9.95. The summed E-state index contributed by atoms with van der Waals surface area (Å²) in [6.07, 6.45) is 4.93. The van der Waals surface area contributed by atoms with E-state index < -0.39 is 0 Å². The fourth-order valence-corrected chi connectivity index (χ4v) is 2.91. The van der Waals surface area contributed by atoms with Crippen LogP contribution >= 0.6 is 15.9 Å². The van der Waals surface area contributed by atoms with Crippen LogP contribution < -0.4 is 11.1 Å². The molecule has 2 rings (SSSR count). The summed E-state index contributed by atoms with van der Waals surface area (Å²) in [6.45, 7) is 1.15. The topological polar surface area (TPSA) is 38.0 Å². The fourth-order valence-electron chi connectivity index (χ4n) is 2.33. The Kier molecular flexibility index (Phi) is 4.38. The molecule has 1 aromatic rings. The number of nitrogens with one attached hydrogen (secondary N) is 1. The van der Waals surface area contributed by atoms with Gasteiger partial charge in [-0.25, -0.2) is 0 Å². The first kappa shape index (κ1) is 12.1. The number of nitrogens with two attached hydrogens (primary N) is 1. The molecule has 2 unspecified atom stereocenters. The summed E-state index contributed by atoms with van der Waals surface area (Å²) in [5, 5.41) is 3.54. The molecule has 2 nitrogen and oxygen atoms in total. The van der Waals surface area contributed by atoms with Crippen LogP contribution in [-0.4, -0.2) is 12.6 Å². The maximum absolute atomic E-state index is 6.26. The molecule has 3 heteroatoms. The van der Waals surface area contributed by atoms with E-state index in [1.54, 1.807) is 0 Å². The molecule has 1 aliphatic rings. The van der Waals surface area contributed by atoms with Gasteiger partial charge in [-0.15, -0.1) is 0 Å². The maximum atomic E-state index is 6.26. The molecular formula is C13H19BrN2. The Morgan fingerprint density at radius 2 is 2.19 bits per heavy atom. The zero-order valence-corrected chi connectivity index (χ0v) is 11.0. The molecule has 1 saturated heterocycles. The second-order valence-corrected chi connectivity index (χ2v) is 5.36. The SMILES string of the molecule is NC(CC1CCCCN1)c1ccccc1Br. The minimum absolute atomic E-state index is 0.131. The molecule has 16 heavy (non-hydrogen) atoms. The Hall–Kier alpha value is -0.380. The third kappa shape index (κ3) is 3.06. The van der Waals surface area contributed by atoms with Crippen LogP contribution in [0.3, 0.4) is 0 Å². The maximum Gasteiger partial charge on any atom is 0.0321 e. The average Bonchev–Trinajstić information content (AvgIpc) is 2.31. The number of piperidine rings is 1. The van der Waals surface area contributed by atoms with Crippen LogP contribution in [0.2, 0.25) is 0 Å². The predicted octanol–water partition coefficient (Wildman–Crippen LogP) is 2.98. The minimum Gasteiger partial charge on any atom is -0.324 e. The van der Waals surface area contributed by atoms with Crippen LogP contribution in [0.1, 0.15) is 37.3 Å². The van der Waals surface area contributed by atoms with Crippen LogP contribution in [0.25, 0.3) is 0 Å². The van der Waals surface area contributed by atoms with Gasteiger partial charge in [0.25, 0.3) is 0 Å². The number of benzene rings is 1. The van der Waals surface area contributed by atoms with Gasteiger partial charge in [-0.1, -0.05) is 40.5 Å². The van der Waals surface area contributed by atoms with Crippen molar-refractivity contribution in [2.24, 2.45) is 5.73 Å². The average molecular weight is 283 g/mol. The van der Waals surface area contributed by atoms with Crippen LogP contribution in [0.5, 0.6) is 0 Å². The van der Waals surface area contributed by atoms with Crippen LogP contribution in [0, 0.1) is 0 Å². The zero-order chi connectivity index (χ0) is 11.4. The summed E-state index contributed by atoms with van der Waals surface area (Å²) in [4.78, 5) is 0. The summed E-state index contributed by atoms with van der Waals surface area (Å²) in [7, 11) is 0. The first-order valence-electron chi connectivity index (χ1n) is 6.01. The molecule has 1 heterocycles. The number of halogens is 1. The quantitative estimate of drug-likeness (QED) is 0.895. The smallest absolute Gasteiger partial charge is 0.0321 e. The van der Waals surface area contributed by atoms with E-state index in [1.165, 1.54) is 24.8 Å². The predicted molar refractivity (Wildman–Crippen MR) is 71.3 cm³/mol. The van der Waals surface area contributed by atoms with E-state index in [-0.39, 0.29) is 6.04 Å². The van der Waals surface area contributed by atoms with Crippen LogP contribution in [0.15, 0.2) is 28.7 Å². The van der Waals surface area contributed by atoms with E-state index >= 15 is 0 Å². The lowest BCUT2D eigenvalue weighted by Gasteiger charge is -2.26. The first-order chi connectivity index (χ1) is 7.77. The van der Waals surface area contributed by atoms with Gasteiger partial charge in [0.2, 0.25) is 0 Å². The number of hydrogen-bond acceptors (Lipinski definition) is 2. The molecule has 0 bridgehead atoms. The van der Waals surface area contributed by atoms with Gasteiger partial charge in [-0.3, -0.25) is 0 Å². The zero-order valence-electron chi connectivity index (χ0n) is 9.45. The molecule has 3 N–H and O–H groups in total. The molecule has 0 amide bonds. The normalized spacial score (nSPS) is 23.0. The lowest BCUT2D eigenvalue weighted by Crippen LogP contribution is -2.36. The molecular weight excluding hydrogens is 264 g/mol. The van der Waals surface area contributed by atoms with Crippen molar-refractivity contribution in [1.82, 2.24) is 5.32 Å². The summed E-state index contributed by atoms with van der Waals surface area (Å²) in [6, 6.07) is 8.97. The van der Waals surface area contributed by atoms with Crippen molar-refractivity contribution in [3.63, 3.8) is 0 Å². The van der Waals surface area contributed by atoms with E-state index in [0.29, 0.717) is 6.04 Å². The Morgan fingerprint density at radius 3 is 2.88 bits per heavy atom. The number of rotatable bonds is 3. The van der Waals surface area contributed by atoms with Crippen molar-refractivity contribution < 1.29 is 0 Å². The van der Waals surface area contributed by atoms with Crippen LogP contribution in [0.4, 0.5) is 0 Å². The summed E-state index contributed by atoms with van der Waals surface area (Å²) in [5.74, 6) is 0. The van der Waals surface area contributed by atoms with Gasteiger partial charge >= 0.3 is 0 Å². The first-order valence-corrected chi connectivity index (χ1v) is 6.80.